The third-order valence-electron chi connectivity index (χ3n) is 6.63. The van der Waals surface area contributed by atoms with Crippen molar-refractivity contribution in [3.05, 3.63) is 21.3 Å². The predicted molar refractivity (Wildman–Crippen MR) is 120 cm³/mol. The van der Waals surface area contributed by atoms with E-state index in [9.17, 15) is 9.59 Å². The molecule has 166 valence electrons. The summed E-state index contributed by atoms with van der Waals surface area (Å²) in [5.74, 6) is 0.144. The number of likely N-dealkylation sites (tertiary alicyclic amines) is 2. The number of piperazine rings is 1. The summed E-state index contributed by atoms with van der Waals surface area (Å²) in [7, 11) is 2.19. The number of carbonyl (C=O) groups is 2. The monoisotopic (exact) mass is 453 g/mol. The minimum absolute atomic E-state index is 0.0740. The molecule has 0 aliphatic carbocycles. The molecule has 3 fully saturated rings. The van der Waals surface area contributed by atoms with Crippen LogP contribution in [0.4, 0.5) is 0 Å². The van der Waals surface area contributed by atoms with Crippen molar-refractivity contribution < 1.29 is 9.59 Å². The number of piperidine rings is 1. The van der Waals surface area contributed by atoms with E-state index in [2.05, 4.69) is 27.1 Å². The fourth-order valence-corrected chi connectivity index (χ4v) is 5.72. The molecule has 0 radical (unpaired) electrons. The molecule has 0 aromatic carbocycles. The molecule has 0 bridgehead atoms. The molecule has 3 saturated heterocycles. The molecule has 1 atom stereocenters. The largest absolute Gasteiger partial charge is 0.347 e. The minimum Gasteiger partial charge on any atom is -0.347 e. The Hall–Kier alpha value is -1.19. The zero-order valence-electron chi connectivity index (χ0n) is 17.7. The number of hydrogen-bond acceptors (Lipinski definition) is 6. The molecule has 3 aliphatic rings. The van der Waals surface area contributed by atoms with Crippen molar-refractivity contribution in [3.8, 4) is 0 Å². The standard InChI is InChI=1S/C21H32ClN5O2S/c1-24-7-5-17(6-8-24)26-10-12-27(13-11-26)20(28)15-25-9-4-16(14-25)23-21(29)18-2-3-19(22)30-18/h2-3,16-17H,4-15H2,1H3,(H,23,29)/t16-/m1/s1. The van der Waals surface area contributed by atoms with Gasteiger partial charge in [-0.1, -0.05) is 11.6 Å². The molecule has 1 aromatic rings. The summed E-state index contributed by atoms with van der Waals surface area (Å²) in [4.78, 5) is 34.9. The van der Waals surface area contributed by atoms with Gasteiger partial charge in [0.25, 0.3) is 5.91 Å². The molecule has 0 unspecified atom stereocenters. The number of amides is 2. The summed E-state index contributed by atoms with van der Waals surface area (Å²) in [6.45, 7) is 8.02. The molecule has 7 nitrogen and oxygen atoms in total. The maximum Gasteiger partial charge on any atom is 0.261 e. The molecule has 3 aliphatic heterocycles. The van der Waals surface area contributed by atoms with Crippen LogP contribution >= 0.6 is 22.9 Å². The first-order chi connectivity index (χ1) is 14.5. The second kappa shape index (κ2) is 9.96. The van der Waals surface area contributed by atoms with Gasteiger partial charge in [0, 0.05) is 51.4 Å². The van der Waals surface area contributed by atoms with Gasteiger partial charge in [0.05, 0.1) is 15.8 Å². The summed E-state index contributed by atoms with van der Waals surface area (Å²) in [6, 6.07) is 4.27. The minimum atomic E-state index is -0.0740. The average Bonchev–Trinajstić information content (AvgIpc) is 3.37. The Morgan fingerprint density at radius 3 is 2.47 bits per heavy atom. The van der Waals surface area contributed by atoms with Crippen LogP contribution in [0.15, 0.2) is 12.1 Å². The van der Waals surface area contributed by atoms with Gasteiger partial charge in [0.1, 0.15) is 0 Å². The molecule has 0 spiro atoms. The normalized spacial score (nSPS) is 25.0. The van der Waals surface area contributed by atoms with E-state index in [4.69, 9.17) is 11.6 Å². The average molecular weight is 454 g/mol. The molecule has 30 heavy (non-hydrogen) atoms. The summed E-state index contributed by atoms with van der Waals surface area (Å²) in [6.07, 6.45) is 3.36. The third kappa shape index (κ3) is 5.53. The summed E-state index contributed by atoms with van der Waals surface area (Å²) in [5, 5.41) is 3.07. The summed E-state index contributed by atoms with van der Waals surface area (Å²) >= 11 is 7.21. The molecule has 0 saturated carbocycles. The highest BCUT2D eigenvalue weighted by molar-refractivity contribution is 7.18. The Bertz CT molecular complexity index is 744. The first kappa shape index (κ1) is 22.0. The second-order valence-corrected chi connectivity index (χ2v) is 10.5. The highest BCUT2D eigenvalue weighted by Gasteiger charge is 2.30. The van der Waals surface area contributed by atoms with E-state index in [0.717, 1.165) is 45.7 Å². The lowest BCUT2D eigenvalue weighted by molar-refractivity contribution is -0.134. The zero-order chi connectivity index (χ0) is 21.1. The second-order valence-electron chi connectivity index (χ2n) is 8.75. The number of halogens is 1. The van der Waals surface area contributed by atoms with Gasteiger partial charge in [-0.3, -0.25) is 19.4 Å². The maximum absolute atomic E-state index is 12.8. The van der Waals surface area contributed by atoms with Crippen molar-refractivity contribution >= 4 is 34.8 Å². The number of nitrogens with zero attached hydrogens (tertiary/aromatic N) is 4. The van der Waals surface area contributed by atoms with E-state index < -0.39 is 0 Å². The van der Waals surface area contributed by atoms with Gasteiger partial charge in [-0.25, -0.2) is 0 Å². The smallest absolute Gasteiger partial charge is 0.261 e. The maximum atomic E-state index is 12.8. The molecule has 4 heterocycles. The first-order valence-electron chi connectivity index (χ1n) is 11.0. The molecular formula is C21H32ClN5O2S. The van der Waals surface area contributed by atoms with E-state index in [0.29, 0.717) is 21.8 Å². The Morgan fingerprint density at radius 1 is 1.07 bits per heavy atom. The van der Waals surface area contributed by atoms with Crippen LogP contribution in [0.2, 0.25) is 4.34 Å². The number of thiophene rings is 1. The quantitative estimate of drug-likeness (QED) is 0.731. The lowest BCUT2D eigenvalue weighted by atomic mass is 10.0. The van der Waals surface area contributed by atoms with E-state index in [-0.39, 0.29) is 17.9 Å². The van der Waals surface area contributed by atoms with Gasteiger partial charge in [0.15, 0.2) is 0 Å². The lowest BCUT2D eigenvalue weighted by Crippen LogP contribution is -2.55. The van der Waals surface area contributed by atoms with Gasteiger partial charge in [-0.05, 0) is 51.5 Å². The number of hydrogen-bond donors (Lipinski definition) is 1. The van der Waals surface area contributed by atoms with Gasteiger partial charge >= 0.3 is 0 Å². The van der Waals surface area contributed by atoms with Crippen molar-refractivity contribution in [1.29, 1.82) is 0 Å². The molecule has 2 amide bonds. The van der Waals surface area contributed by atoms with Crippen molar-refractivity contribution in [3.63, 3.8) is 0 Å². The number of rotatable bonds is 5. The Morgan fingerprint density at radius 2 is 1.80 bits per heavy atom. The van der Waals surface area contributed by atoms with Crippen LogP contribution < -0.4 is 5.32 Å². The Labute approximate surface area is 187 Å². The fraction of sp³-hybridized carbons (Fsp3) is 0.714. The fourth-order valence-electron chi connectivity index (χ4n) is 4.77. The Balaban J connectivity index is 1.17. The van der Waals surface area contributed by atoms with Gasteiger partial charge in [-0.2, -0.15) is 0 Å². The van der Waals surface area contributed by atoms with E-state index in [1.807, 2.05) is 4.90 Å². The lowest BCUT2D eigenvalue weighted by Gasteiger charge is -2.42. The van der Waals surface area contributed by atoms with E-state index >= 15 is 0 Å². The third-order valence-corrected chi connectivity index (χ3v) is 7.86. The Kier molecular flexibility index (Phi) is 7.31. The van der Waals surface area contributed by atoms with Crippen LogP contribution in [-0.2, 0) is 4.79 Å². The zero-order valence-corrected chi connectivity index (χ0v) is 19.3. The number of nitrogens with one attached hydrogen (secondary N) is 1. The molecule has 4 rings (SSSR count). The van der Waals surface area contributed by atoms with Crippen LogP contribution in [0, 0.1) is 0 Å². The molecule has 1 aromatic heterocycles. The van der Waals surface area contributed by atoms with E-state index in [1.54, 1.807) is 12.1 Å². The van der Waals surface area contributed by atoms with Crippen molar-refractivity contribution in [1.82, 2.24) is 24.9 Å². The first-order valence-corrected chi connectivity index (χ1v) is 12.2. The summed E-state index contributed by atoms with van der Waals surface area (Å²) in [5.41, 5.74) is 0. The number of carbonyl (C=O) groups excluding carboxylic acids is 2. The van der Waals surface area contributed by atoms with Crippen LogP contribution in [0.1, 0.15) is 28.9 Å². The summed E-state index contributed by atoms with van der Waals surface area (Å²) < 4.78 is 0.620. The van der Waals surface area contributed by atoms with Crippen LogP contribution in [-0.4, -0.2) is 109 Å². The highest BCUT2D eigenvalue weighted by Crippen LogP contribution is 2.22. The van der Waals surface area contributed by atoms with Gasteiger partial charge in [0.2, 0.25) is 5.91 Å². The van der Waals surface area contributed by atoms with Gasteiger partial charge in [-0.15, -0.1) is 11.3 Å². The van der Waals surface area contributed by atoms with Crippen molar-refractivity contribution in [2.24, 2.45) is 0 Å². The van der Waals surface area contributed by atoms with Crippen LogP contribution in [0.5, 0.6) is 0 Å². The molecular weight excluding hydrogens is 422 g/mol. The molecule has 9 heteroatoms. The van der Waals surface area contributed by atoms with Crippen LogP contribution in [0.3, 0.4) is 0 Å². The molecule has 1 N–H and O–H groups in total. The van der Waals surface area contributed by atoms with Crippen molar-refractivity contribution in [2.45, 2.75) is 31.3 Å². The topological polar surface area (TPSA) is 59.1 Å². The highest BCUT2D eigenvalue weighted by atomic mass is 35.5. The van der Waals surface area contributed by atoms with E-state index in [1.165, 1.54) is 37.3 Å². The van der Waals surface area contributed by atoms with Crippen molar-refractivity contribution in [2.75, 3.05) is 66.0 Å². The van der Waals surface area contributed by atoms with Crippen LogP contribution in [0.25, 0.3) is 0 Å². The van der Waals surface area contributed by atoms with Gasteiger partial charge < -0.3 is 15.1 Å². The predicted octanol–water partition coefficient (Wildman–Crippen LogP) is 1.44. The SMILES string of the molecule is CN1CCC(N2CCN(C(=O)CN3CC[C@@H](NC(=O)c4ccc(Cl)s4)C3)CC2)CC1.